The summed E-state index contributed by atoms with van der Waals surface area (Å²) in [6.07, 6.45) is -4.55. The van der Waals surface area contributed by atoms with Crippen LogP contribution < -0.4 is 9.46 Å². The van der Waals surface area contributed by atoms with Gasteiger partial charge >= 0.3 is 6.18 Å². The van der Waals surface area contributed by atoms with Gasteiger partial charge in [0.25, 0.3) is 0 Å². The average Bonchev–Trinajstić information content (AvgIpc) is 3.29. The number of aromatic amines is 1. The van der Waals surface area contributed by atoms with E-state index in [1.165, 1.54) is 19.2 Å². The molecule has 3 rings (SSSR count). The van der Waals surface area contributed by atoms with Crippen LogP contribution in [0, 0.1) is 0 Å². The van der Waals surface area contributed by atoms with Gasteiger partial charge < -0.3 is 4.74 Å². The fraction of sp³-hybridized carbons (Fsp3) is 0.188. The molecule has 0 aliphatic carbocycles. The number of halogens is 3. The summed E-state index contributed by atoms with van der Waals surface area (Å²) in [4.78, 5) is 0.309. The van der Waals surface area contributed by atoms with Crippen LogP contribution in [0.3, 0.4) is 0 Å². The van der Waals surface area contributed by atoms with Crippen molar-refractivity contribution < 1.29 is 26.3 Å². The third-order valence-electron chi connectivity index (χ3n) is 3.58. The van der Waals surface area contributed by atoms with Crippen LogP contribution in [0.25, 0.3) is 10.6 Å². The van der Waals surface area contributed by atoms with Crippen LogP contribution in [-0.4, -0.2) is 25.7 Å². The Morgan fingerprint density at radius 2 is 2.00 bits per heavy atom. The molecule has 3 aromatic rings. The molecule has 2 aromatic heterocycles. The second kappa shape index (κ2) is 7.33. The normalized spacial score (nSPS) is 12.3. The minimum absolute atomic E-state index is 0.0167. The third-order valence-corrected chi connectivity index (χ3v) is 6.58. The molecule has 0 bridgehead atoms. The summed E-state index contributed by atoms with van der Waals surface area (Å²) in [5, 5.41) is 5.50. The lowest BCUT2D eigenvalue weighted by Crippen LogP contribution is -2.22. The molecular weight excluding hydrogens is 403 g/mol. The van der Waals surface area contributed by atoms with Gasteiger partial charge in [-0.1, -0.05) is 12.1 Å². The molecule has 1 aromatic carbocycles. The number of rotatable bonds is 6. The predicted octanol–water partition coefficient (Wildman–Crippen LogP) is 3.64. The molecule has 2 N–H and O–H groups in total. The summed E-state index contributed by atoms with van der Waals surface area (Å²) in [6, 6.07) is 10.5. The van der Waals surface area contributed by atoms with Gasteiger partial charge in [-0.05, 0) is 35.9 Å². The number of thiophene rings is 1. The van der Waals surface area contributed by atoms with E-state index in [0.29, 0.717) is 16.2 Å². The minimum Gasteiger partial charge on any atom is -0.497 e. The van der Waals surface area contributed by atoms with Crippen molar-refractivity contribution in [1.29, 1.82) is 0 Å². The van der Waals surface area contributed by atoms with Crippen molar-refractivity contribution >= 4 is 21.4 Å². The molecule has 2 heterocycles. The molecule has 0 radical (unpaired) electrons. The molecule has 6 nitrogen and oxygen atoms in total. The highest BCUT2D eigenvalue weighted by atomic mass is 32.2. The first-order valence-corrected chi connectivity index (χ1v) is 9.84. The molecule has 11 heteroatoms. The first-order chi connectivity index (χ1) is 12.7. The van der Waals surface area contributed by atoms with Crippen LogP contribution in [-0.2, 0) is 22.7 Å². The third kappa shape index (κ3) is 4.49. The van der Waals surface area contributed by atoms with E-state index in [-0.39, 0.29) is 16.4 Å². The highest BCUT2D eigenvalue weighted by Gasteiger charge is 2.33. The number of aromatic nitrogens is 2. The molecule has 0 amide bonds. The van der Waals surface area contributed by atoms with Gasteiger partial charge in [-0.15, -0.1) is 11.3 Å². The summed E-state index contributed by atoms with van der Waals surface area (Å²) < 4.78 is 70.3. The van der Waals surface area contributed by atoms with E-state index in [1.807, 2.05) is 5.10 Å². The topological polar surface area (TPSA) is 84.1 Å². The van der Waals surface area contributed by atoms with Crippen molar-refractivity contribution in [3.8, 4) is 16.3 Å². The zero-order chi connectivity index (χ0) is 19.7. The largest absolute Gasteiger partial charge is 0.497 e. The Labute approximate surface area is 157 Å². The van der Waals surface area contributed by atoms with Crippen molar-refractivity contribution in [2.45, 2.75) is 16.9 Å². The first kappa shape index (κ1) is 19.4. The molecule has 144 valence electrons. The number of nitrogens with zero attached hydrogens (tertiary/aromatic N) is 1. The van der Waals surface area contributed by atoms with Crippen molar-refractivity contribution in [2.24, 2.45) is 0 Å². The fourth-order valence-electron chi connectivity index (χ4n) is 2.23. The Hall–Kier alpha value is -2.37. The lowest BCUT2D eigenvalue weighted by Gasteiger charge is -2.06. The van der Waals surface area contributed by atoms with Crippen LogP contribution in [0.4, 0.5) is 13.2 Å². The lowest BCUT2D eigenvalue weighted by atomic mass is 10.2. The highest BCUT2D eigenvalue weighted by molar-refractivity contribution is 7.91. The molecule has 0 atom stereocenters. The lowest BCUT2D eigenvalue weighted by molar-refractivity contribution is -0.141. The summed E-state index contributed by atoms with van der Waals surface area (Å²) in [5.41, 5.74) is -0.259. The molecule has 0 fully saturated rings. The number of nitrogens with one attached hydrogen (secondary N) is 2. The van der Waals surface area contributed by atoms with Crippen molar-refractivity contribution in [2.75, 3.05) is 7.11 Å². The van der Waals surface area contributed by atoms with E-state index < -0.39 is 21.9 Å². The number of benzene rings is 1. The molecular formula is C16H14F3N3O3S2. The molecule has 0 aliphatic heterocycles. The van der Waals surface area contributed by atoms with Gasteiger partial charge in [0, 0.05) is 6.54 Å². The Bertz CT molecular complexity index is 1040. The zero-order valence-corrected chi connectivity index (χ0v) is 15.5. The number of alkyl halides is 3. The van der Waals surface area contributed by atoms with E-state index in [2.05, 4.69) is 9.82 Å². The summed E-state index contributed by atoms with van der Waals surface area (Å²) in [5.74, 6) is 0.601. The van der Waals surface area contributed by atoms with Gasteiger partial charge in [0.05, 0.1) is 12.0 Å². The molecule has 0 aliphatic rings. The van der Waals surface area contributed by atoms with Gasteiger partial charge in [-0.25, -0.2) is 13.1 Å². The van der Waals surface area contributed by atoms with E-state index in [9.17, 15) is 21.6 Å². The highest BCUT2D eigenvalue weighted by Crippen LogP contribution is 2.34. The molecule has 0 saturated heterocycles. The van der Waals surface area contributed by atoms with Crippen LogP contribution in [0.5, 0.6) is 5.75 Å². The van der Waals surface area contributed by atoms with Gasteiger partial charge in [0.1, 0.15) is 21.3 Å². The van der Waals surface area contributed by atoms with E-state index in [0.717, 1.165) is 17.4 Å². The quantitative estimate of drug-likeness (QED) is 0.641. The zero-order valence-electron chi connectivity index (χ0n) is 13.9. The SMILES string of the molecule is COc1cccc(CNS(=O)(=O)c2ccc(-c3cc(C(F)(F)F)[nH]n3)s2)c1. The van der Waals surface area contributed by atoms with Crippen molar-refractivity contribution in [3.63, 3.8) is 0 Å². The second-order valence-corrected chi connectivity index (χ2v) is 8.54. The summed E-state index contributed by atoms with van der Waals surface area (Å²) >= 11 is 0.835. The summed E-state index contributed by atoms with van der Waals surface area (Å²) in [7, 11) is -2.31. The van der Waals surface area contributed by atoms with Gasteiger partial charge in [-0.2, -0.15) is 18.3 Å². The Morgan fingerprint density at radius 3 is 2.67 bits per heavy atom. The molecule has 0 unspecified atom stereocenters. The number of hydrogen-bond acceptors (Lipinski definition) is 5. The number of methoxy groups -OCH3 is 1. The van der Waals surface area contributed by atoms with Gasteiger partial charge in [0.2, 0.25) is 10.0 Å². The molecule has 27 heavy (non-hydrogen) atoms. The van der Waals surface area contributed by atoms with Crippen LogP contribution in [0.15, 0.2) is 46.7 Å². The van der Waals surface area contributed by atoms with Crippen LogP contribution >= 0.6 is 11.3 Å². The van der Waals surface area contributed by atoms with Gasteiger partial charge in [-0.3, -0.25) is 5.10 Å². The number of sulfonamides is 1. The van der Waals surface area contributed by atoms with Crippen LogP contribution in [0.1, 0.15) is 11.3 Å². The summed E-state index contributed by atoms with van der Waals surface area (Å²) in [6.45, 7) is 0.0490. The van der Waals surface area contributed by atoms with Gasteiger partial charge in [0.15, 0.2) is 0 Å². The average molecular weight is 417 g/mol. The van der Waals surface area contributed by atoms with E-state index in [4.69, 9.17) is 4.74 Å². The standard InChI is InChI=1S/C16H14F3N3O3S2/c1-25-11-4-2-3-10(7-11)9-20-27(23,24)15-6-5-13(26-15)12-8-14(22-21-12)16(17,18)19/h2-8,20H,9H2,1H3,(H,21,22). The fourth-order valence-corrected chi connectivity index (χ4v) is 4.56. The number of H-pyrrole nitrogens is 1. The Kier molecular flexibility index (Phi) is 5.27. The predicted molar refractivity (Wildman–Crippen MR) is 93.9 cm³/mol. The van der Waals surface area contributed by atoms with E-state index >= 15 is 0 Å². The maximum atomic E-state index is 12.6. The first-order valence-electron chi connectivity index (χ1n) is 7.54. The van der Waals surface area contributed by atoms with Crippen molar-refractivity contribution in [1.82, 2.24) is 14.9 Å². The Morgan fingerprint density at radius 1 is 1.22 bits per heavy atom. The smallest absolute Gasteiger partial charge is 0.432 e. The second-order valence-electron chi connectivity index (χ2n) is 5.46. The van der Waals surface area contributed by atoms with Crippen molar-refractivity contribution in [3.05, 3.63) is 53.7 Å². The van der Waals surface area contributed by atoms with Crippen LogP contribution in [0.2, 0.25) is 0 Å². The Balaban J connectivity index is 1.75. The monoisotopic (exact) mass is 417 g/mol. The molecule has 0 saturated carbocycles. The minimum atomic E-state index is -4.55. The molecule has 0 spiro atoms. The maximum Gasteiger partial charge on any atom is 0.432 e. The maximum absolute atomic E-state index is 12.6. The number of ether oxygens (including phenoxy) is 1. The number of hydrogen-bond donors (Lipinski definition) is 2. The van der Waals surface area contributed by atoms with E-state index in [1.54, 1.807) is 24.3 Å².